The van der Waals surface area contributed by atoms with Crippen molar-refractivity contribution < 1.29 is 27.5 Å². The number of amides is 1. The summed E-state index contributed by atoms with van der Waals surface area (Å²) in [6, 6.07) is 13.0. The van der Waals surface area contributed by atoms with E-state index >= 15 is 0 Å². The molecule has 3 rings (SSSR count). The number of anilines is 2. The third kappa shape index (κ3) is 4.09. The summed E-state index contributed by atoms with van der Waals surface area (Å²) in [7, 11) is -2.14. The smallest absolute Gasteiger partial charge is 0.348 e. The average molecular weight is 404 g/mol. The quantitative estimate of drug-likeness (QED) is 0.765. The fraction of sp³-hybridized carbons (Fsp3) is 0.263. The molecule has 148 valence electrons. The van der Waals surface area contributed by atoms with Crippen molar-refractivity contribution in [2.45, 2.75) is 13.0 Å². The number of carbonyl (C=O) groups is 2. The summed E-state index contributed by atoms with van der Waals surface area (Å²) in [6.07, 6.45) is -0.931. The summed E-state index contributed by atoms with van der Waals surface area (Å²) in [5, 5.41) is 0. The van der Waals surface area contributed by atoms with Crippen LogP contribution in [0, 0.1) is 0 Å². The van der Waals surface area contributed by atoms with Crippen molar-refractivity contribution in [1.29, 1.82) is 0 Å². The maximum Gasteiger partial charge on any atom is 0.348 e. The third-order valence-corrected chi connectivity index (χ3v) is 5.57. The predicted molar refractivity (Wildman–Crippen MR) is 104 cm³/mol. The van der Waals surface area contributed by atoms with Gasteiger partial charge in [0.05, 0.1) is 25.1 Å². The van der Waals surface area contributed by atoms with E-state index in [0.717, 1.165) is 0 Å². The van der Waals surface area contributed by atoms with Gasteiger partial charge >= 0.3 is 5.97 Å². The van der Waals surface area contributed by atoms with Gasteiger partial charge < -0.3 is 14.4 Å². The lowest BCUT2D eigenvalue weighted by atomic mass is 10.1. The van der Waals surface area contributed by atoms with Crippen LogP contribution in [-0.2, 0) is 19.6 Å². The predicted octanol–water partition coefficient (Wildman–Crippen LogP) is 2.03. The largest absolute Gasteiger partial charge is 0.475 e. The molecule has 0 saturated carbocycles. The molecular formula is C19H20N2O6S. The van der Waals surface area contributed by atoms with Gasteiger partial charge in [-0.15, -0.1) is 0 Å². The summed E-state index contributed by atoms with van der Waals surface area (Å²) in [5.74, 6) is -0.552. The number of nitrogens with one attached hydrogen (secondary N) is 1. The van der Waals surface area contributed by atoms with Crippen molar-refractivity contribution >= 4 is 33.3 Å². The highest BCUT2D eigenvalue weighted by molar-refractivity contribution is 7.92. The SMILES string of the molecule is CCS(=O)(=O)Nc1ccc(C(=O)N2CC(C(=O)OC)Oc3ccccc32)cc1. The molecule has 8 nitrogen and oxygen atoms in total. The first-order valence-electron chi connectivity index (χ1n) is 8.60. The first-order chi connectivity index (χ1) is 13.3. The van der Waals surface area contributed by atoms with E-state index in [4.69, 9.17) is 9.47 Å². The number of carbonyl (C=O) groups excluding carboxylic acids is 2. The molecule has 1 aliphatic rings. The fourth-order valence-corrected chi connectivity index (χ4v) is 3.41. The van der Waals surface area contributed by atoms with E-state index in [2.05, 4.69) is 4.72 Å². The molecule has 0 radical (unpaired) electrons. The van der Waals surface area contributed by atoms with Gasteiger partial charge in [-0.25, -0.2) is 13.2 Å². The number of sulfonamides is 1. The Hall–Kier alpha value is -3.07. The molecule has 0 saturated heterocycles. The monoisotopic (exact) mass is 404 g/mol. The molecule has 0 spiro atoms. The van der Waals surface area contributed by atoms with Crippen molar-refractivity contribution in [3.05, 3.63) is 54.1 Å². The Bertz CT molecular complexity index is 988. The highest BCUT2D eigenvalue weighted by Gasteiger charge is 2.34. The second-order valence-corrected chi connectivity index (χ2v) is 8.11. The van der Waals surface area contributed by atoms with Crippen LogP contribution in [0.2, 0.25) is 0 Å². The van der Waals surface area contributed by atoms with E-state index in [1.165, 1.54) is 43.2 Å². The Morgan fingerprint density at radius 2 is 1.86 bits per heavy atom. The van der Waals surface area contributed by atoms with Gasteiger partial charge in [-0.1, -0.05) is 12.1 Å². The molecule has 0 bridgehead atoms. The van der Waals surface area contributed by atoms with Gasteiger partial charge in [0.2, 0.25) is 16.1 Å². The first kappa shape index (κ1) is 19.7. The van der Waals surface area contributed by atoms with Crippen LogP contribution in [0.4, 0.5) is 11.4 Å². The van der Waals surface area contributed by atoms with Crippen molar-refractivity contribution in [2.75, 3.05) is 29.0 Å². The molecule has 0 aromatic heterocycles. The van der Waals surface area contributed by atoms with Crippen LogP contribution in [-0.4, -0.2) is 45.8 Å². The normalized spacial score (nSPS) is 15.9. The highest BCUT2D eigenvalue weighted by Crippen LogP contribution is 2.34. The van der Waals surface area contributed by atoms with E-state index in [1.807, 2.05) is 0 Å². The van der Waals surface area contributed by atoms with Gasteiger partial charge in [-0.05, 0) is 43.3 Å². The lowest BCUT2D eigenvalue weighted by Gasteiger charge is -2.33. The topological polar surface area (TPSA) is 102 Å². The van der Waals surface area contributed by atoms with E-state index in [9.17, 15) is 18.0 Å². The average Bonchev–Trinajstić information content (AvgIpc) is 2.72. The van der Waals surface area contributed by atoms with E-state index in [1.54, 1.807) is 24.3 Å². The van der Waals surface area contributed by atoms with Gasteiger partial charge in [-0.3, -0.25) is 9.52 Å². The minimum absolute atomic E-state index is 0.00668. The summed E-state index contributed by atoms with van der Waals surface area (Å²) >= 11 is 0. The molecule has 1 N–H and O–H groups in total. The number of fused-ring (bicyclic) bond motifs is 1. The van der Waals surface area contributed by atoms with Gasteiger partial charge in [0.1, 0.15) is 5.75 Å². The van der Waals surface area contributed by atoms with Crippen molar-refractivity contribution in [2.24, 2.45) is 0 Å². The minimum atomic E-state index is -3.40. The summed E-state index contributed by atoms with van der Waals surface area (Å²) in [6.45, 7) is 1.54. The molecule has 0 aliphatic carbocycles. The van der Waals surface area contributed by atoms with Gasteiger partial charge in [0.25, 0.3) is 5.91 Å². The highest BCUT2D eigenvalue weighted by atomic mass is 32.2. The number of esters is 1. The van der Waals surface area contributed by atoms with Crippen LogP contribution < -0.4 is 14.4 Å². The van der Waals surface area contributed by atoms with E-state index < -0.39 is 22.1 Å². The first-order valence-corrected chi connectivity index (χ1v) is 10.3. The number of para-hydroxylation sites is 2. The zero-order chi connectivity index (χ0) is 20.3. The minimum Gasteiger partial charge on any atom is -0.475 e. The Balaban J connectivity index is 1.87. The number of benzene rings is 2. The molecular weight excluding hydrogens is 384 g/mol. The molecule has 1 aliphatic heterocycles. The fourth-order valence-electron chi connectivity index (χ4n) is 2.77. The second-order valence-electron chi connectivity index (χ2n) is 6.10. The summed E-state index contributed by atoms with van der Waals surface area (Å²) in [4.78, 5) is 26.4. The number of hydrogen-bond donors (Lipinski definition) is 1. The maximum absolute atomic E-state index is 13.1. The number of methoxy groups -OCH3 is 1. The molecule has 1 amide bonds. The Morgan fingerprint density at radius 3 is 2.50 bits per heavy atom. The lowest BCUT2D eigenvalue weighted by Crippen LogP contribution is -2.47. The van der Waals surface area contributed by atoms with Crippen LogP contribution in [0.15, 0.2) is 48.5 Å². The van der Waals surface area contributed by atoms with Crippen LogP contribution in [0.5, 0.6) is 5.75 Å². The van der Waals surface area contributed by atoms with Crippen LogP contribution in [0.25, 0.3) is 0 Å². The standard InChI is InChI=1S/C19H20N2O6S/c1-3-28(24,25)20-14-10-8-13(9-11-14)18(22)21-12-17(19(23)26-2)27-16-7-5-4-6-15(16)21/h4-11,17,20H,3,12H2,1-2H3. The zero-order valence-electron chi connectivity index (χ0n) is 15.4. The van der Waals surface area contributed by atoms with Gasteiger partial charge in [0, 0.05) is 11.3 Å². The van der Waals surface area contributed by atoms with Crippen molar-refractivity contribution in [1.82, 2.24) is 0 Å². The summed E-state index contributed by atoms with van der Waals surface area (Å²) in [5.41, 5.74) is 1.26. The number of hydrogen-bond acceptors (Lipinski definition) is 6. The Morgan fingerprint density at radius 1 is 1.18 bits per heavy atom. The van der Waals surface area contributed by atoms with E-state index in [0.29, 0.717) is 22.7 Å². The van der Waals surface area contributed by atoms with Crippen molar-refractivity contribution in [3.63, 3.8) is 0 Å². The third-order valence-electron chi connectivity index (χ3n) is 4.27. The number of rotatable bonds is 5. The Labute approximate surface area is 163 Å². The molecule has 28 heavy (non-hydrogen) atoms. The van der Waals surface area contributed by atoms with Gasteiger partial charge in [0.15, 0.2) is 0 Å². The molecule has 2 aromatic carbocycles. The lowest BCUT2D eigenvalue weighted by molar-refractivity contribution is -0.148. The molecule has 1 unspecified atom stereocenters. The second kappa shape index (κ2) is 7.89. The number of ether oxygens (including phenoxy) is 2. The Kier molecular flexibility index (Phi) is 5.55. The maximum atomic E-state index is 13.1. The molecule has 9 heteroatoms. The molecule has 1 atom stereocenters. The van der Waals surface area contributed by atoms with E-state index in [-0.39, 0.29) is 18.2 Å². The molecule has 1 heterocycles. The molecule has 0 fully saturated rings. The van der Waals surface area contributed by atoms with Crippen molar-refractivity contribution in [3.8, 4) is 5.75 Å². The van der Waals surface area contributed by atoms with Gasteiger partial charge in [-0.2, -0.15) is 0 Å². The zero-order valence-corrected chi connectivity index (χ0v) is 16.2. The number of nitrogens with zero attached hydrogens (tertiary/aromatic N) is 1. The summed E-state index contributed by atoms with van der Waals surface area (Å²) < 4.78 is 36.1. The van der Waals surface area contributed by atoms with Crippen LogP contribution >= 0.6 is 0 Å². The van der Waals surface area contributed by atoms with Crippen LogP contribution in [0.1, 0.15) is 17.3 Å². The molecule has 2 aromatic rings. The van der Waals surface area contributed by atoms with Crippen LogP contribution in [0.3, 0.4) is 0 Å².